The molecule has 0 unspecified atom stereocenters. The lowest BCUT2D eigenvalue weighted by atomic mass is 9.77. The average Bonchev–Trinajstić information content (AvgIpc) is 3.57. The first-order chi connectivity index (χ1) is 21.1. The molecule has 2 aromatic rings. The smallest absolute Gasteiger partial charge is 0.229 e. The van der Waals surface area contributed by atoms with Crippen LogP contribution in [0.2, 0.25) is 0 Å². The van der Waals surface area contributed by atoms with Gasteiger partial charge in [-0.1, -0.05) is 12.8 Å². The number of benzene rings is 2. The second-order valence-electron chi connectivity index (χ2n) is 11.1. The number of ketones is 2. The number of aliphatic hydroxyl groups excluding tert-OH is 5. The number of nitrogens with two attached hydrogens (primary N) is 1. The molecule has 1 aliphatic heterocycles. The van der Waals surface area contributed by atoms with Crippen molar-refractivity contribution < 1.29 is 54.4 Å². The highest BCUT2D eigenvalue weighted by atomic mass is 16.7. The molecule has 0 bridgehead atoms. The molecule has 0 spiro atoms. The number of hydrogen-bond acceptors (Lipinski definition) is 12. The number of fused-ring (bicyclic) bond motifs is 2. The number of hydrogen-bond donors (Lipinski definition) is 8. The molecule has 2 aromatic carbocycles. The van der Waals surface area contributed by atoms with Gasteiger partial charge in [0, 0.05) is 41.9 Å². The van der Waals surface area contributed by atoms with Gasteiger partial charge in [-0.25, -0.2) is 0 Å². The standard InChI is InChI=1S/C30H37N3O11/c1-32-30(31)33-9-15-13(12-5-3-4-6-12)7-14-21(24(15)37)26(39)22-18(8-17(42-2)16(10-34)20(22)23(14)36)43-29-28(41)27(40)25(38)19(11-35)44-29/h7-8,12,19,25,27-29,34-35,37-38,40-41H,3-6,9-11H2,1-2H3,(H3,31,32,33)/t19-,25-,27+,28-,29+/m1/s1. The SMILES string of the molecule is CN=C(N)NCc1c(C2CCCC2)cc2c(c1O)C(=O)c1c(O[C@H]3O[C@H](CO)[C@@H](O)[C@H](O)[C@H]3O)cc(OC)c(CO)c1C2=O. The van der Waals surface area contributed by atoms with E-state index in [0.717, 1.165) is 25.7 Å². The van der Waals surface area contributed by atoms with Crippen LogP contribution in [0.1, 0.15) is 80.1 Å². The monoisotopic (exact) mass is 615 g/mol. The number of carbonyl (C=O) groups is 2. The van der Waals surface area contributed by atoms with Gasteiger partial charge in [0.1, 0.15) is 41.7 Å². The number of phenols is 1. The maximum Gasteiger partial charge on any atom is 0.229 e. The first kappa shape index (κ1) is 31.6. The predicted molar refractivity (Wildman–Crippen MR) is 154 cm³/mol. The summed E-state index contributed by atoms with van der Waals surface area (Å²) < 4.78 is 16.7. The van der Waals surface area contributed by atoms with E-state index in [4.69, 9.17) is 19.9 Å². The lowest BCUT2D eigenvalue weighted by Gasteiger charge is -2.40. The quantitative estimate of drug-likeness (QED) is 0.118. The molecule has 14 nitrogen and oxygen atoms in total. The minimum atomic E-state index is -1.82. The number of aliphatic hydroxyl groups is 5. The van der Waals surface area contributed by atoms with E-state index >= 15 is 0 Å². The van der Waals surface area contributed by atoms with Crippen molar-refractivity contribution in [2.45, 2.75) is 75.5 Å². The molecule has 2 aliphatic carbocycles. The number of guanidine groups is 1. The van der Waals surface area contributed by atoms with Crippen LogP contribution in [0.5, 0.6) is 17.2 Å². The molecule has 3 aliphatic rings. The average molecular weight is 616 g/mol. The largest absolute Gasteiger partial charge is 0.507 e. The summed E-state index contributed by atoms with van der Waals surface area (Å²) in [6.07, 6.45) is -4.67. The third-order valence-electron chi connectivity index (χ3n) is 8.68. The highest BCUT2D eigenvalue weighted by Gasteiger charge is 2.46. The molecule has 1 saturated carbocycles. The van der Waals surface area contributed by atoms with Crippen molar-refractivity contribution in [3.05, 3.63) is 51.1 Å². The first-order valence-electron chi connectivity index (χ1n) is 14.3. The molecular formula is C30H37N3O11. The fourth-order valence-corrected chi connectivity index (χ4v) is 6.32. The van der Waals surface area contributed by atoms with Gasteiger partial charge in [-0.15, -0.1) is 0 Å². The normalized spacial score (nSPS) is 25.5. The summed E-state index contributed by atoms with van der Waals surface area (Å²) in [4.78, 5) is 32.4. The van der Waals surface area contributed by atoms with Crippen molar-refractivity contribution in [3.8, 4) is 17.2 Å². The number of rotatable bonds is 8. The van der Waals surface area contributed by atoms with Gasteiger partial charge in [-0.3, -0.25) is 14.6 Å². The van der Waals surface area contributed by atoms with Crippen LogP contribution in [0, 0.1) is 0 Å². The lowest BCUT2D eigenvalue weighted by molar-refractivity contribution is -0.277. The van der Waals surface area contributed by atoms with Gasteiger partial charge in [0.25, 0.3) is 0 Å². The molecule has 1 heterocycles. The molecule has 5 rings (SSSR count). The minimum Gasteiger partial charge on any atom is -0.507 e. The van der Waals surface area contributed by atoms with Crippen molar-refractivity contribution >= 4 is 17.5 Å². The number of phenolic OH excluding ortho intramolecular Hbond substituents is 1. The van der Waals surface area contributed by atoms with Crippen LogP contribution in [-0.4, -0.2) is 99.6 Å². The van der Waals surface area contributed by atoms with E-state index in [9.17, 15) is 40.2 Å². The Morgan fingerprint density at radius 2 is 1.70 bits per heavy atom. The molecule has 14 heteroatoms. The van der Waals surface area contributed by atoms with E-state index in [1.54, 1.807) is 6.07 Å². The van der Waals surface area contributed by atoms with Crippen molar-refractivity contribution in [2.24, 2.45) is 10.7 Å². The number of ether oxygens (including phenoxy) is 3. The fraction of sp³-hybridized carbons (Fsp3) is 0.500. The van der Waals surface area contributed by atoms with Crippen LogP contribution >= 0.6 is 0 Å². The van der Waals surface area contributed by atoms with Crippen LogP contribution in [0.4, 0.5) is 0 Å². The van der Waals surface area contributed by atoms with Crippen LogP contribution in [-0.2, 0) is 17.9 Å². The van der Waals surface area contributed by atoms with E-state index in [1.807, 2.05) is 0 Å². The van der Waals surface area contributed by atoms with Crippen LogP contribution in [0.3, 0.4) is 0 Å². The van der Waals surface area contributed by atoms with E-state index in [0.29, 0.717) is 11.1 Å². The second kappa shape index (κ2) is 12.7. The summed E-state index contributed by atoms with van der Waals surface area (Å²) in [5.41, 5.74) is 6.07. The van der Waals surface area contributed by atoms with Crippen LogP contribution in [0.15, 0.2) is 17.1 Å². The number of aliphatic imine (C=N–C) groups is 1. The molecule has 238 valence electrons. The number of nitrogens with one attached hydrogen (secondary N) is 1. The van der Waals surface area contributed by atoms with Crippen molar-refractivity contribution in [1.82, 2.24) is 5.32 Å². The Labute approximate surface area is 252 Å². The Morgan fingerprint density at radius 1 is 1.00 bits per heavy atom. The minimum absolute atomic E-state index is 0.00670. The Bertz CT molecular complexity index is 1490. The molecular weight excluding hydrogens is 578 g/mol. The zero-order chi connectivity index (χ0) is 31.9. The highest BCUT2D eigenvalue weighted by molar-refractivity contribution is 6.31. The number of carbonyl (C=O) groups excluding carboxylic acids is 2. The number of aromatic hydroxyl groups is 1. The van der Waals surface area contributed by atoms with E-state index < -0.39 is 61.2 Å². The summed E-state index contributed by atoms with van der Waals surface area (Å²) in [5, 5.41) is 65.5. The maximum absolute atomic E-state index is 14.3. The van der Waals surface area contributed by atoms with Gasteiger partial charge < -0.3 is 55.9 Å². The summed E-state index contributed by atoms with van der Waals surface area (Å²) in [7, 11) is 2.78. The van der Waals surface area contributed by atoms with Gasteiger partial charge in [0.2, 0.25) is 12.1 Å². The highest BCUT2D eigenvalue weighted by Crippen LogP contribution is 2.47. The summed E-state index contributed by atoms with van der Waals surface area (Å²) in [5.74, 6) is -2.07. The van der Waals surface area contributed by atoms with Crippen molar-refractivity contribution in [2.75, 3.05) is 20.8 Å². The number of methoxy groups -OCH3 is 1. The molecule has 0 radical (unpaired) electrons. The topological polar surface area (TPSA) is 234 Å². The molecule has 0 aromatic heterocycles. The van der Waals surface area contributed by atoms with Gasteiger partial charge in [-0.2, -0.15) is 0 Å². The van der Waals surface area contributed by atoms with E-state index in [2.05, 4.69) is 10.3 Å². The van der Waals surface area contributed by atoms with E-state index in [-0.39, 0.29) is 57.7 Å². The van der Waals surface area contributed by atoms with Crippen molar-refractivity contribution in [1.29, 1.82) is 0 Å². The predicted octanol–water partition coefficient (Wildman–Crippen LogP) is -0.461. The summed E-state index contributed by atoms with van der Waals surface area (Å²) in [6.45, 7) is -1.37. The van der Waals surface area contributed by atoms with E-state index in [1.165, 1.54) is 20.2 Å². The van der Waals surface area contributed by atoms with Gasteiger partial charge in [0.15, 0.2) is 11.7 Å². The third-order valence-corrected chi connectivity index (χ3v) is 8.68. The third kappa shape index (κ3) is 5.27. The van der Waals surface area contributed by atoms with Crippen molar-refractivity contribution in [3.63, 3.8) is 0 Å². The zero-order valence-electron chi connectivity index (χ0n) is 24.3. The maximum atomic E-state index is 14.3. The lowest BCUT2D eigenvalue weighted by Crippen LogP contribution is -2.60. The van der Waals surface area contributed by atoms with Gasteiger partial charge >= 0.3 is 0 Å². The Balaban J connectivity index is 1.68. The molecule has 5 atom stereocenters. The summed E-state index contributed by atoms with van der Waals surface area (Å²) in [6, 6.07) is 2.83. The Kier molecular flexibility index (Phi) is 9.11. The Hall–Kier alpha value is -3.79. The molecule has 9 N–H and O–H groups in total. The van der Waals surface area contributed by atoms with Crippen LogP contribution < -0.4 is 20.5 Å². The second-order valence-corrected chi connectivity index (χ2v) is 11.1. The van der Waals surface area contributed by atoms with Gasteiger partial charge in [-0.05, 0) is 30.4 Å². The molecule has 1 saturated heterocycles. The molecule has 0 amide bonds. The fourth-order valence-electron chi connectivity index (χ4n) is 6.32. The van der Waals surface area contributed by atoms with Gasteiger partial charge in [0.05, 0.1) is 31.5 Å². The first-order valence-corrected chi connectivity index (χ1v) is 14.3. The molecule has 44 heavy (non-hydrogen) atoms. The van der Waals surface area contributed by atoms with Crippen LogP contribution in [0.25, 0.3) is 0 Å². The Morgan fingerprint density at radius 3 is 2.32 bits per heavy atom. The zero-order valence-corrected chi connectivity index (χ0v) is 24.3. The number of nitrogens with zero attached hydrogens (tertiary/aromatic N) is 1. The molecule has 2 fully saturated rings. The summed E-state index contributed by atoms with van der Waals surface area (Å²) >= 11 is 0.